The molecule has 0 saturated heterocycles. The Morgan fingerprint density at radius 2 is 2.04 bits per heavy atom. The van der Waals surface area contributed by atoms with Crippen molar-refractivity contribution in [2.24, 2.45) is 0 Å². The number of rotatable bonds is 5. The van der Waals surface area contributed by atoms with Crippen molar-refractivity contribution in [2.75, 3.05) is 18.9 Å². The molecule has 23 heavy (non-hydrogen) atoms. The zero-order chi connectivity index (χ0) is 16.1. The topological polar surface area (TPSA) is 45.2 Å². The summed E-state index contributed by atoms with van der Waals surface area (Å²) in [5.41, 5.74) is 2.50. The molecule has 0 aliphatic heterocycles. The molecular weight excluding hydrogens is 306 g/mol. The lowest BCUT2D eigenvalue weighted by atomic mass is 10.0. The van der Waals surface area contributed by atoms with Crippen LogP contribution in [0.1, 0.15) is 35.4 Å². The second-order valence-electron chi connectivity index (χ2n) is 6.04. The molecule has 3 rings (SSSR count). The van der Waals surface area contributed by atoms with E-state index < -0.39 is 0 Å². The third-order valence-electron chi connectivity index (χ3n) is 4.21. The third-order valence-corrected chi connectivity index (χ3v) is 5.28. The molecule has 0 fully saturated rings. The molecule has 0 spiro atoms. The fourth-order valence-electron chi connectivity index (χ4n) is 2.86. The first-order valence-electron chi connectivity index (χ1n) is 8.27. The lowest BCUT2D eigenvalue weighted by Crippen LogP contribution is -2.32. The van der Waals surface area contributed by atoms with E-state index in [1.54, 1.807) is 16.2 Å². The highest BCUT2D eigenvalue weighted by Crippen LogP contribution is 2.29. The number of aryl methyl sites for hydroxylation is 3. The Hall–Kier alpha value is -1.88. The van der Waals surface area contributed by atoms with E-state index in [1.807, 2.05) is 13.1 Å². The van der Waals surface area contributed by atoms with Gasteiger partial charge in [-0.3, -0.25) is 5.32 Å². The molecule has 1 aliphatic carbocycles. The number of hydrogen-bond donors (Lipinski definition) is 1. The third kappa shape index (κ3) is 4.32. The molecule has 0 atom stereocenters. The van der Waals surface area contributed by atoms with Crippen LogP contribution in [0, 0.1) is 0 Å². The summed E-state index contributed by atoms with van der Waals surface area (Å²) in [7, 11) is 1.84. The van der Waals surface area contributed by atoms with Gasteiger partial charge in [0.25, 0.3) is 0 Å². The normalized spacial score (nSPS) is 13.4. The van der Waals surface area contributed by atoms with Crippen LogP contribution in [0.15, 0.2) is 30.3 Å². The maximum Gasteiger partial charge on any atom is 0.323 e. The molecule has 0 bridgehead atoms. The first kappa shape index (κ1) is 16.0. The van der Waals surface area contributed by atoms with E-state index in [0.29, 0.717) is 0 Å². The number of anilines is 1. The van der Waals surface area contributed by atoms with Crippen molar-refractivity contribution in [1.82, 2.24) is 9.88 Å². The van der Waals surface area contributed by atoms with Crippen molar-refractivity contribution >= 4 is 22.5 Å². The van der Waals surface area contributed by atoms with Gasteiger partial charge in [-0.15, -0.1) is 11.3 Å². The maximum absolute atomic E-state index is 12.2. The molecule has 2 aromatic rings. The largest absolute Gasteiger partial charge is 0.328 e. The number of thiazole rings is 1. The molecule has 0 radical (unpaired) electrons. The van der Waals surface area contributed by atoms with Gasteiger partial charge in [-0.05, 0) is 44.1 Å². The van der Waals surface area contributed by atoms with Gasteiger partial charge in [0.15, 0.2) is 5.13 Å². The Bertz CT molecular complexity index is 630. The quantitative estimate of drug-likeness (QED) is 0.897. The summed E-state index contributed by atoms with van der Waals surface area (Å²) in [6, 6.07) is 10.3. The van der Waals surface area contributed by atoms with Crippen molar-refractivity contribution in [3.8, 4) is 0 Å². The van der Waals surface area contributed by atoms with Gasteiger partial charge in [0.2, 0.25) is 0 Å². The minimum absolute atomic E-state index is 0.0656. The fraction of sp³-hybridized carbons (Fsp3) is 0.444. The molecule has 0 saturated carbocycles. The van der Waals surface area contributed by atoms with Gasteiger partial charge in [-0.25, -0.2) is 9.78 Å². The van der Waals surface area contributed by atoms with Gasteiger partial charge in [-0.1, -0.05) is 30.3 Å². The van der Waals surface area contributed by atoms with Crippen molar-refractivity contribution < 1.29 is 4.79 Å². The standard InChI is InChI=1S/C18H23N3OS/c1-21(13-7-10-14-8-3-2-4-9-14)18(22)20-17-19-15-11-5-6-12-16(15)23-17/h2-4,8-9H,5-7,10-13H2,1H3,(H,19,20,22). The number of benzene rings is 1. The molecule has 0 unspecified atom stereocenters. The summed E-state index contributed by atoms with van der Waals surface area (Å²) in [5, 5.41) is 3.69. The number of carbonyl (C=O) groups excluding carboxylic acids is 1. The Kier molecular flexibility index (Phi) is 5.28. The van der Waals surface area contributed by atoms with Gasteiger partial charge < -0.3 is 4.90 Å². The van der Waals surface area contributed by atoms with Crippen LogP contribution in [0.25, 0.3) is 0 Å². The molecule has 122 valence electrons. The number of hydrogen-bond acceptors (Lipinski definition) is 3. The van der Waals surface area contributed by atoms with Gasteiger partial charge in [0.1, 0.15) is 0 Å². The van der Waals surface area contributed by atoms with Crippen LogP contribution in [-0.2, 0) is 19.3 Å². The van der Waals surface area contributed by atoms with E-state index in [4.69, 9.17) is 0 Å². The molecular formula is C18H23N3OS. The Labute approximate surface area is 141 Å². The summed E-state index contributed by atoms with van der Waals surface area (Å²) < 4.78 is 0. The minimum Gasteiger partial charge on any atom is -0.328 e. The summed E-state index contributed by atoms with van der Waals surface area (Å²) in [4.78, 5) is 19.9. The Balaban J connectivity index is 1.46. The monoisotopic (exact) mass is 329 g/mol. The molecule has 1 heterocycles. The van der Waals surface area contributed by atoms with Crippen molar-refractivity contribution in [2.45, 2.75) is 38.5 Å². The van der Waals surface area contributed by atoms with E-state index in [0.717, 1.165) is 37.4 Å². The number of urea groups is 1. The average Bonchev–Trinajstić information content (AvgIpc) is 2.98. The molecule has 1 N–H and O–H groups in total. The Morgan fingerprint density at radius 1 is 1.26 bits per heavy atom. The lowest BCUT2D eigenvalue weighted by molar-refractivity contribution is 0.222. The predicted octanol–water partition coefficient (Wildman–Crippen LogP) is 4.12. The highest BCUT2D eigenvalue weighted by atomic mass is 32.1. The van der Waals surface area contributed by atoms with E-state index in [1.165, 1.54) is 29.0 Å². The van der Waals surface area contributed by atoms with Crippen LogP contribution in [0.5, 0.6) is 0 Å². The zero-order valence-electron chi connectivity index (χ0n) is 13.5. The van der Waals surface area contributed by atoms with Crippen LogP contribution in [0.2, 0.25) is 0 Å². The van der Waals surface area contributed by atoms with E-state index in [9.17, 15) is 4.79 Å². The number of nitrogens with zero attached hydrogens (tertiary/aromatic N) is 2. The fourth-order valence-corrected chi connectivity index (χ4v) is 3.90. The average molecular weight is 329 g/mol. The van der Waals surface area contributed by atoms with E-state index >= 15 is 0 Å². The number of aromatic nitrogens is 1. The minimum atomic E-state index is -0.0656. The highest BCUT2D eigenvalue weighted by molar-refractivity contribution is 7.15. The van der Waals surface area contributed by atoms with Crippen LogP contribution in [-0.4, -0.2) is 29.5 Å². The Morgan fingerprint density at radius 3 is 2.83 bits per heavy atom. The maximum atomic E-state index is 12.2. The second-order valence-corrected chi connectivity index (χ2v) is 7.12. The van der Waals surface area contributed by atoms with Crippen LogP contribution >= 0.6 is 11.3 Å². The van der Waals surface area contributed by atoms with Crippen molar-refractivity contribution in [1.29, 1.82) is 0 Å². The smallest absolute Gasteiger partial charge is 0.323 e. The first-order valence-corrected chi connectivity index (χ1v) is 9.08. The molecule has 2 amide bonds. The number of amides is 2. The highest BCUT2D eigenvalue weighted by Gasteiger charge is 2.17. The molecule has 4 nitrogen and oxygen atoms in total. The molecule has 1 aromatic carbocycles. The van der Waals surface area contributed by atoms with Crippen molar-refractivity contribution in [3.63, 3.8) is 0 Å². The second kappa shape index (κ2) is 7.59. The first-order chi connectivity index (χ1) is 11.2. The van der Waals surface area contributed by atoms with Crippen LogP contribution in [0.4, 0.5) is 9.93 Å². The van der Waals surface area contributed by atoms with Crippen LogP contribution in [0.3, 0.4) is 0 Å². The van der Waals surface area contributed by atoms with Gasteiger partial charge in [-0.2, -0.15) is 0 Å². The molecule has 5 heteroatoms. The van der Waals surface area contributed by atoms with Crippen LogP contribution < -0.4 is 5.32 Å². The van der Waals surface area contributed by atoms with E-state index in [-0.39, 0.29) is 6.03 Å². The number of fused-ring (bicyclic) bond motifs is 1. The summed E-state index contributed by atoms with van der Waals surface area (Å²) in [6.45, 7) is 0.742. The van der Waals surface area contributed by atoms with Gasteiger partial charge >= 0.3 is 6.03 Å². The van der Waals surface area contributed by atoms with E-state index in [2.05, 4.69) is 34.6 Å². The predicted molar refractivity (Wildman–Crippen MR) is 95.2 cm³/mol. The summed E-state index contributed by atoms with van der Waals surface area (Å²) >= 11 is 1.63. The summed E-state index contributed by atoms with van der Waals surface area (Å²) in [5.74, 6) is 0. The SMILES string of the molecule is CN(CCCc1ccccc1)C(=O)Nc1nc2c(s1)CCCC2. The van der Waals surface area contributed by atoms with Gasteiger partial charge in [0.05, 0.1) is 5.69 Å². The number of carbonyl (C=O) groups is 1. The molecule has 1 aromatic heterocycles. The van der Waals surface area contributed by atoms with Crippen molar-refractivity contribution in [3.05, 3.63) is 46.5 Å². The zero-order valence-corrected chi connectivity index (χ0v) is 14.4. The van der Waals surface area contributed by atoms with Gasteiger partial charge in [0, 0.05) is 18.5 Å². The summed E-state index contributed by atoms with van der Waals surface area (Å²) in [6.07, 6.45) is 6.56. The number of nitrogens with one attached hydrogen (secondary N) is 1. The molecule has 1 aliphatic rings. The lowest BCUT2D eigenvalue weighted by Gasteiger charge is -2.16.